The number of hydrogen-bond acceptors (Lipinski definition) is 2. The van der Waals surface area contributed by atoms with Crippen molar-refractivity contribution in [3.05, 3.63) is 107 Å². The molecule has 2 amide bonds. The predicted octanol–water partition coefficient (Wildman–Crippen LogP) is 5.23. The number of nitrogens with zero attached hydrogens (tertiary/aromatic N) is 1. The Hall–Kier alpha value is -3.61. The van der Waals surface area contributed by atoms with E-state index in [1.807, 2.05) is 6.07 Å². The standard InChI is InChI=1S/C25H23F3N2O2/c1-30(17-20-14-8-9-15-21(20)25(26,27)28)23(31)16-22(18-10-4-2-5-11-18)29-24(32)19-12-6-3-7-13-19/h2-15,22H,16-17H2,1H3,(H,29,32). The summed E-state index contributed by atoms with van der Waals surface area (Å²) < 4.78 is 39.9. The first-order chi connectivity index (χ1) is 15.3. The maximum Gasteiger partial charge on any atom is 0.416 e. The zero-order chi connectivity index (χ0) is 23.1. The summed E-state index contributed by atoms with van der Waals surface area (Å²) in [6.07, 6.45) is -4.59. The van der Waals surface area contributed by atoms with E-state index < -0.39 is 17.8 Å². The molecule has 3 aromatic rings. The lowest BCUT2D eigenvalue weighted by Gasteiger charge is -2.24. The molecule has 0 saturated carbocycles. The monoisotopic (exact) mass is 440 g/mol. The highest BCUT2D eigenvalue weighted by atomic mass is 19.4. The van der Waals surface area contributed by atoms with Crippen molar-refractivity contribution < 1.29 is 22.8 Å². The lowest BCUT2D eigenvalue weighted by Crippen LogP contribution is -2.34. The first-order valence-corrected chi connectivity index (χ1v) is 10.1. The molecule has 32 heavy (non-hydrogen) atoms. The molecule has 0 aliphatic rings. The molecule has 0 radical (unpaired) electrons. The van der Waals surface area contributed by atoms with Crippen LogP contribution in [-0.4, -0.2) is 23.8 Å². The third kappa shape index (κ3) is 5.97. The number of hydrogen-bond donors (Lipinski definition) is 1. The number of nitrogens with one attached hydrogen (secondary N) is 1. The second-order valence-corrected chi connectivity index (χ2v) is 7.41. The highest BCUT2D eigenvalue weighted by molar-refractivity contribution is 5.94. The number of carbonyl (C=O) groups excluding carboxylic acids is 2. The Kier molecular flexibility index (Phi) is 7.30. The van der Waals surface area contributed by atoms with Gasteiger partial charge in [0.1, 0.15) is 0 Å². The maximum absolute atomic E-state index is 13.3. The second-order valence-electron chi connectivity index (χ2n) is 7.41. The van der Waals surface area contributed by atoms with E-state index in [9.17, 15) is 22.8 Å². The van der Waals surface area contributed by atoms with Crippen LogP contribution in [0.2, 0.25) is 0 Å². The summed E-state index contributed by atoms with van der Waals surface area (Å²) in [5, 5.41) is 2.87. The van der Waals surface area contributed by atoms with Gasteiger partial charge in [-0.1, -0.05) is 66.7 Å². The van der Waals surface area contributed by atoms with Gasteiger partial charge in [-0.05, 0) is 29.3 Å². The second kappa shape index (κ2) is 10.1. The Morgan fingerprint density at radius 3 is 2.06 bits per heavy atom. The van der Waals surface area contributed by atoms with Crippen LogP contribution in [-0.2, 0) is 17.5 Å². The van der Waals surface area contributed by atoms with Crippen molar-refractivity contribution in [1.29, 1.82) is 0 Å². The van der Waals surface area contributed by atoms with Crippen molar-refractivity contribution in [1.82, 2.24) is 10.2 Å². The summed E-state index contributed by atoms with van der Waals surface area (Å²) in [4.78, 5) is 26.8. The van der Waals surface area contributed by atoms with E-state index in [1.165, 1.54) is 30.1 Å². The first kappa shape index (κ1) is 23.1. The molecule has 7 heteroatoms. The minimum Gasteiger partial charge on any atom is -0.345 e. The molecule has 0 aromatic heterocycles. The van der Waals surface area contributed by atoms with Crippen molar-refractivity contribution in [2.75, 3.05) is 7.05 Å². The van der Waals surface area contributed by atoms with Crippen LogP contribution >= 0.6 is 0 Å². The quantitative estimate of drug-likeness (QED) is 0.547. The molecule has 0 heterocycles. The minimum atomic E-state index is -4.50. The predicted molar refractivity (Wildman–Crippen MR) is 116 cm³/mol. The molecule has 1 unspecified atom stereocenters. The molecular weight excluding hydrogens is 417 g/mol. The van der Waals surface area contributed by atoms with Crippen LogP contribution in [0.15, 0.2) is 84.9 Å². The average Bonchev–Trinajstić information content (AvgIpc) is 2.79. The average molecular weight is 440 g/mol. The Morgan fingerprint density at radius 1 is 0.875 bits per heavy atom. The third-order valence-corrected chi connectivity index (χ3v) is 5.08. The summed E-state index contributed by atoms with van der Waals surface area (Å²) in [7, 11) is 1.45. The molecule has 3 rings (SSSR count). The van der Waals surface area contributed by atoms with E-state index in [-0.39, 0.29) is 30.3 Å². The zero-order valence-corrected chi connectivity index (χ0v) is 17.5. The Labute approximate surface area is 184 Å². The van der Waals surface area contributed by atoms with Crippen LogP contribution in [0, 0.1) is 0 Å². The molecule has 0 aliphatic carbocycles. The van der Waals surface area contributed by atoms with E-state index in [2.05, 4.69) is 5.32 Å². The fourth-order valence-corrected chi connectivity index (χ4v) is 3.38. The van der Waals surface area contributed by atoms with Crippen LogP contribution < -0.4 is 5.32 Å². The molecular formula is C25H23F3N2O2. The van der Waals surface area contributed by atoms with Gasteiger partial charge in [-0.15, -0.1) is 0 Å². The molecule has 0 bridgehead atoms. The maximum atomic E-state index is 13.3. The Bertz CT molecular complexity index is 1050. The van der Waals surface area contributed by atoms with Crippen LogP contribution in [0.3, 0.4) is 0 Å². The van der Waals surface area contributed by atoms with Gasteiger partial charge in [0.05, 0.1) is 18.0 Å². The van der Waals surface area contributed by atoms with Crippen molar-refractivity contribution >= 4 is 11.8 Å². The number of amides is 2. The Balaban J connectivity index is 1.76. The minimum absolute atomic E-state index is 0.0143. The van der Waals surface area contributed by atoms with E-state index in [0.717, 1.165) is 11.6 Å². The highest BCUT2D eigenvalue weighted by Gasteiger charge is 2.33. The summed E-state index contributed by atoms with van der Waals surface area (Å²) in [5.74, 6) is -0.721. The van der Waals surface area contributed by atoms with Gasteiger partial charge in [-0.2, -0.15) is 13.2 Å². The topological polar surface area (TPSA) is 49.4 Å². The molecule has 0 fully saturated rings. The van der Waals surface area contributed by atoms with Gasteiger partial charge in [-0.3, -0.25) is 9.59 Å². The number of carbonyl (C=O) groups is 2. The van der Waals surface area contributed by atoms with Gasteiger partial charge >= 0.3 is 6.18 Å². The van der Waals surface area contributed by atoms with Crippen LogP contribution in [0.25, 0.3) is 0 Å². The van der Waals surface area contributed by atoms with Crippen LogP contribution in [0.4, 0.5) is 13.2 Å². The zero-order valence-electron chi connectivity index (χ0n) is 17.5. The fourth-order valence-electron chi connectivity index (χ4n) is 3.38. The van der Waals surface area contributed by atoms with E-state index in [0.29, 0.717) is 5.56 Å². The van der Waals surface area contributed by atoms with E-state index in [4.69, 9.17) is 0 Å². The smallest absolute Gasteiger partial charge is 0.345 e. The number of alkyl halides is 3. The Morgan fingerprint density at radius 2 is 1.44 bits per heavy atom. The van der Waals surface area contributed by atoms with Crippen molar-refractivity contribution in [3.63, 3.8) is 0 Å². The molecule has 0 spiro atoms. The SMILES string of the molecule is CN(Cc1ccccc1C(F)(F)F)C(=O)CC(NC(=O)c1ccccc1)c1ccccc1. The van der Waals surface area contributed by atoms with E-state index in [1.54, 1.807) is 54.6 Å². The van der Waals surface area contributed by atoms with Crippen molar-refractivity contribution in [2.24, 2.45) is 0 Å². The molecule has 0 aliphatic heterocycles. The van der Waals surface area contributed by atoms with Gasteiger partial charge in [0.25, 0.3) is 5.91 Å². The first-order valence-electron chi connectivity index (χ1n) is 10.1. The number of halogens is 3. The van der Waals surface area contributed by atoms with Gasteiger partial charge in [0.2, 0.25) is 5.91 Å². The van der Waals surface area contributed by atoms with Gasteiger partial charge in [-0.25, -0.2) is 0 Å². The fraction of sp³-hybridized carbons (Fsp3) is 0.200. The van der Waals surface area contributed by atoms with Crippen LogP contribution in [0.5, 0.6) is 0 Å². The number of rotatable bonds is 7. The summed E-state index contributed by atoms with van der Waals surface area (Å²) >= 11 is 0. The summed E-state index contributed by atoms with van der Waals surface area (Å²) in [5.41, 5.74) is 0.430. The summed E-state index contributed by atoms with van der Waals surface area (Å²) in [6, 6.07) is 22.2. The van der Waals surface area contributed by atoms with Crippen molar-refractivity contribution in [2.45, 2.75) is 25.2 Å². The van der Waals surface area contributed by atoms with Gasteiger partial charge in [0, 0.05) is 19.2 Å². The largest absolute Gasteiger partial charge is 0.416 e. The normalized spacial score (nSPS) is 12.1. The van der Waals surface area contributed by atoms with Gasteiger partial charge < -0.3 is 10.2 Å². The third-order valence-electron chi connectivity index (χ3n) is 5.08. The lowest BCUT2D eigenvalue weighted by molar-refractivity contribution is -0.139. The molecule has 166 valence electrons. The molecule has 4 nitrogen and oxygen atoms in total. The van der Waals surface area contributed by atoms with Gasteiger partial charge in [0.15, 0.2) is 0 Å². The van der Waals surface area contributed by atoms with Crippen LogP contribution in [0.1, 0.15) is 39.5 Å². The molecule has 3 aromatic carbocycles. The molecule has 0 saturated heterocycles. The summed E-state index contributed by atoms with van der Waals surface area (Å²) in [6.45, 7) is -0.192. The van der Waals surface area contributed by atoms with E-state index >= 15 is 0 Å². The molecule has 1 atom stereocenters. The highest BCUT2D eigenvalue weighted by Crippen LogP contribution is 2.32. The molecule has 1 N–H and O–H groups in total. The lowest BCUT2D eigenvalue weighted by atomic mass is 10.0. The number of benzene rings is 3. The van der Waals surface area contributed by atoms with Crippen molar-refractivity contribution in [3.8, 4) is 0 Å².